The Hall–Kier alpha value is -0.570. The molecule has 1 rings (SSSR count). The molecule has 0 aromatic rings. The van der Waals surface area contributed by atoms with Crippen LogP contribution in [0.3, 0.4) is 0 Å². The molecule has 1 fully saturated rings. The monoisotopic (exact) mass is 175 g/mol. The Labute approximate surface area is 75.5 Å². The van der Waals surface area contributed by atoms with Gasteiger partial charge in [0.2, 0.25) is 5.91 Å². The molecule has 1 saturated heterocycles. The summed E-state index contributed by atoms with van der Waals surface area (Å²) in [6.07, 6.45) is 2.56. The molecular formula is C9H21NO2. The van der Waals surface area contributed by atoms with E-state index >= 15 is 0 Å². The Morgan fingerprint density at radius 1 is 1.25 bits per heavy atom. The van der Waals surface area contributed by atoms with E-state index in [2.05, 4.69) is 5.32 Å². The van der Waals surface area contributed by atoms with Gasteiger partial charge in [0.05, 0.1) is 0 Å². The van der Waals surface area contributed by atoms with Crippen molar-refractivity contribution in [3.8, 4) is 0 Å². The van der Waals surface area contributed by atoms with E-state index in [9.17, 15) is 4.79 Å². The summed E-state index contributed by atoms with van der Waals surface area (Å²) in [6.45, 7) is 7.47. The van der Waals surface area contributed by atoms with Crippen LogP contribution >= 0.6 is 0 Å². The van der Waals surface area contributed by atoms with Crippen LogP contribution in [0.2, 0.25) is 0 Å². The van der Waals surface area contributed by atoms with Crippen LogP contribution in [-0.2, 0) is 9.53 Å². The van der Waals surface area contributed by atoms with E-state index in [-0.39, 0.29) is 5.91 Å². The lowest BCUT2D eigenvalue weighted by Crippen LogP contribution is -2.11. The number of amides is 1. The maximum absolute atomic E-state index is 9.70. The number of nitrogens with one attached hydrogen (secondary N) is 1. The second kappa shape index (κ2) is 13.1. The van der Waals surface area contributed by atoms with Crippen molar-refractivity contribution in [2.75, 3.05) is 20.3 Å². The average Bonchev–Trinajstić information content (AvgIpc) is 2.65. The molecule has 74 valence electrons. The molecule has 0 saturated carbocycles. The summed E-state index contributed by atoms with van der Waals surface area (Å²) in [5.74, 6) is 0.00463. The highest BCUT2D eigenvalue weighted by atomic mass is 16.5. The number of hydrogen-bond acceptors (Lipinski definition) is 2. The molecule has 0 unspecified atom stereocenters. The minimum Gasteiger partial charge on any atom is -0.381 e. The van der Waals surface area contributed by atoms with E-state index in [1.165, 1.54) is 19.8 Å². The average molecular weight is 175 g/mol. The summed E-state index contributed by atoms with van der Waals surface area (Å²) in [4.78, 5) is 9.70. The number of hydrogen-bond donors (Lipinski definition) is 1. The first-order chi connectivity index (χ1) is 5.77. The Morgan fingerprint density at radius 3 is 1.67 bits per heavy atom. The zero-order chi connectivity index (χ0) is 9.82. The smallest absolute Gasteiger partial charge is 0.216 e. The Bertz CT molecular complexity index is 82.9. The highest BCUT2D eigenvalue weighted by Gasteiger charge is 1.94. The zero-order valence-corrected chi connectivity index (χ0v) is 8.64. The van der Waals surface area contributed by atoms with E-state index in [1.54, 1.807) is 7.05 Å². The summed E-state index contributed by atoms with van der Waals surface area (Å²) < 4.78 is 4.94. The standard InChI is InChI=1S/C4H8O.C3H7NO.C2H6/c1-2-4-5-3-1;1-3(5)4-2;1-2/h1-4H2;1-2H3,(H,4,5);1-2H3. The fourth-order valence-electron chi connectivity index (χ4n) is 0.510. The lowest BCUT2D eigenvalue weighted by Gasteiger charge is -1.80. The van der Waals surface area contributed by atoms with Gasteiger partial charge in [0, 0.05) is 27.2 Å². The van der Waals surface area contributed by atoms with Crippen LogP contribution in [-0.4, -0.2) is 26.2 Å². The molecule has 0 aromatic heterocycles. The fraction of sp³-hybridized carbons (Fsp3) is 0.889. The predicted octanol–water partition coefficient (Wildman–Crippen LogP) is 1.58. The van der Waals surface area contributed by atoms with Gasteiger partial charge >= 0.3 is 0 Å². The minimum absolute atomic E-state index is 0.00463. The van der Waals surface area contributed by atoms with Gasteiger partial charge in [-0.1, -0.05) is 13.8 Å². The second-order valence-corrected chi connectivity index (χ2v) is 2.13. The highest BCUT2D eigenvalue weighted by Crippen LogP contribution is 1.98. The number of carbonyl (C=O) groups is 1. The van der Waals surface area contributed by atoms with Crippen molar-refractivity contribution in [2.45, 2.75) is 33.6 Å². The van der Waals surface area contributed by atoms with E-state index < -0.39 is 0 Å². The summed E-state index contributed by atoms with van der Waals surface area (Å²) in [7, 11) is 1.60. The van der Waals surface area contributed by atoms with Crippen molar-refractivity contribution in [3.05, 3.63) is 0 Å². The minimum atomic E-state index is 0.00463. The summed E-state index contributed by atoms with van der Waals surface area (Å²) in [5, 5.41) is 2.39. The number of rotatable bonds is 0. The van der Waals surface area contributed by atoms with Crippen LogP contribution < -0.4 is 5.32 Å². The molecule has 0 atom stereocenters. The molecular weight excluding hydrogens is 154 g/mol. The van der Waals surface area contributed by atoms with Crippen molar-refractivity contribution in [2.24, 2.45) is 0 Å². The van der Waals surface area contributed by atoms with Crippen molar-refractivity contribution in [1.29, 1.82) is 0 Å². The summed E-state index contributed by atoms with van der Waals surface area (Å²) >= 11 is 0. The van der Waals surface area contributed by atoms with Gasteiger partial charge in [-0.3, -0.25) is 4.79 Å². The van der Waals surface area contributed by atoms with Gasteiger partial charge in [0.1, 0.15) is 0 Å². The lowest BCUT2D eigenvalue weighted by atomic mass is 10.4. The molecule has 0 radical (unpaired) electrons. The molecule has 1 heterocycles. The van der Waals surface area contributed by atoms with Crippen LogP contribution in [0, 0.1) is 0 Å². The van der Waals surface area contributed by atoms with Crippen molar-refractivity contribution < 1.29 is 9.53 Å². The largest absolute Gasteiger partial charge is 0.381 e. The normalized spacial score (nSPS) is 13.3. The van der Waals surface area contributed by atoms with Gasteiger partial charge in [-0.05, 0) is 12.8 Å². The Morgan fingerprint density at radius 2 is 1.58 bits per heavy atom. The molecule has 0 aromatic carbocycles. The van der Waals surface area contributed by atoms with Crippen molar-refractivity contribution >= 4 is 5.91 Å². The molecule has 0 aliphatic carbocycles. The third kappa shape index (κ3) is 16.2. The van der Waals surface area contributed by atoms with Gasteiger partial charge in [-0.2, -0.15) is 0 Å². The van der Waals surface area contributed by atoms with Crippen LogP contribution in [0.25, 0.3) is 0 Å². The van der Waals surface area contributed by atoms with Crippen molar-refractivity contribution in [1.82, 2.24) is 5.32 Å². The summed E-state index contributed by atoms with van der Waals surface area (Å²) in [6, 6.07) is 0. The quantitative estimate of drug-likeness (QED) is 0.607. The second-order valence-electron chi connectivity index (χ2n) is 2.13. The van der Waals surface area contributed by atoms with Crippen LogP contribution in [0.4, 0.5) is 0 Å². The molecule has 3 heteroatoms. The third-order valence-electron chi connectivity index (χ3n) is 1.18. The van der Waals surface area contributed by atoms with E-state index in [1.807, 2.05) is 13.8 Å². The maximum Gasteiger partial charge on any atom is 0.216 e. The molecule has 12 heavy (non-hydrogen) atoms. The fourth-order valence-corrected chi connectivity index (χ4v) is 0.510. The van der Waals surface area contributed by atoms with Gasteiger partial charge in [0.25, 0.3) is 0 Å². The first kappa shape index (κ1) is 14.0. The SMILES string of the molecule is C1CCOC1.CC.CNC(C)=O. The molecule has 1 amide bonds. The maximum atomic E-state index is 9.70. The lowest BCUT2D eigenvalue weighted by molar-refractivity contribution is -0.118. The topological polar surface area (TPSA) is 38.3 Å². The highest BCUT2D eigenvalue weighted by molar-refractivity contribution is 5.72. The van der Waals surface area contributed by atoms with Gasteiger partial charge in [-0.15, -0.1) is 0 Å². The number of ether oxygens (including phenoxy) is 1. The molecule has 3 nitrogen and oxygen atoms in total. The molecule has 0 bridgehead atoms. The zero-order valence-electron chi connectivity index (χ0n) is 8.64. The Balaban J connectivity index is 0. The van der Waals surface area contributed by atoms with E-state index in [0.29, 0.717) is 0 Å². The van der Waals surface area contributed by atoms with Crippen molar-refractivity contribution in [3.63, 3.8) is 0 Å². The molecule has 0 spiro atoms. The Kier molecular flexibility index (Phi) is 15.2. The van der Waals surface area contributed by atoms with E-state index in [4.69, 9.17) is 4.74 Å². The van der Waals surface area contributed by atoms with Gasteiger partial charge in [-0.25, -0.2) is 0 Å². The van der Waals surface area contributed by atoms with Gasteiger partial charge < -0.3 is 10.1 Å². The van der Waals surface area contributed by atoms with Crippen LogP contribution in [0.5, 0.6) is 0 Å². The predicted molar refractivity (Wildman–Crippen MR) is 51.1 cm³/mol. The van der Waals surface area contributed by atoms with Gasteiger partial charge in [0.15, 0.2) is 0 Å². The first-order valence-electron chi connectivity index (χ1n) is 4.53. The number of carbonyl (C=O) groups excluding carboxylic acids is 1. The molecule has 1 aliphatic rings. The van der Waals surface area contributed by atoms with Crippen LogP contribution in [0.15, 0.2) is 0 Å². The molecule has 1 N–H and O–H groups in total. The van der Waals surface area contributed by atoms with Crippen LogP contribution in [0.1, 0.15) is 33.6 Å². The first-order valence-corrected chi connectivity index (χ1v) is 4.53. The third-order valence-corrected chi connectivity index (χ3v) is 1.18. The summed E-state index contributed by atoms with van der Waals surface area (Å²) in [5.41, 5.74) is 0. The molecule has 1 aliphatic heterocycles. The van der Waals surface area contributed by atoms with E-state index in [0.717, 1.165) is 13.2 Å².